The van der Waals surface area contributed by atoms with Crippen LogP contribution in [-0.2, 0) is 9.84 Å². The number of nitrogens with zero attached hydrogens (tertiary/aromatic N) is 4. The van der Waals surface area contributed by atoms with Crippen LogP contribution < -0.4 is 15.2 Å². The van der Waals surface area contributed by atoms with Crippen LogP contribution in [0, 0.1) is 5.82 Å². The molecule has 4 rings (SSSR count). The summed E-state index contributed by atoms with van der Waals surface area (Å²) in [6.07, 6.45) is 5.50. The number of piperidine rings is 1. The maximum absolute atomic E-state index is 14.7. The van der Waals surface area contributed by atoms with E-state index in [1.807, 2.05) is 4.90 Å². The predicted molar refractivity (Wildman–Crippen MR) is 128 cm³/mol. The Balaban J connectivity index is 1.48. The number of hydrogen-bond donors (Lipinski definition) is 0. The summed E-state index contributed by atoms with van der Waals surface area (Å²) in [6.45, 7) is 2.78. The minimum Gasteiger partial charge on any atom is -0.488 e. The van der Waals surface area contributed by atoms with Gasteiger partial charge >= 0.3 is 0 Å². The van der Waals surface area contributed by atoms with E-state index in [-0.39, 0.29) is 33.2 Å². The Morgan fingerprint density at radius 3 is 2.44 bits per heavy atom. The molecule has 1 aliphatic heterocycles. The molecule has 3 heterocycles. The van der Waals surface area contributed by atoms with Crippen molar-refractivity contribution >= 4 is 39.0 Å². The van der Waals surface area contributed by atoms with Crippen molar-refractivity contribution in [1.29, 1.82) is 0 Å². The highest BCUT2D eigenvalue weighted by atomic mass is 35.5. The predicted octanol–water partition coefficient (Wildman–Crippen LogP) is 3.91. The highest BCUT2D eigenvalue weighted by molar-refractivity contribution is 7.91. The summed E-state index contributed by atoms with van der Waals surface area (Å²) in [5, 5.41) is 0.598. The second-order valence-corrected chi connectivity index (χ2v) is 10.8. The van der Waals surface area contributed by atoms with Gasteiger partial charge in [0.1, 0.15) is 17.7 Å². The summed E-state index contributed by atoms with van der Waals surface area (Å²) in [4.78, 5) is 23.0. The fraction of sp³-hybridized carbons (Fsp3) is 0.318. The van der Waals surface area contributed by atoms with E-state index in [0.717, 1.165) is 10.6 Å². The lowest BCUT2D eigenvalue weighted by Gasteiger charge is -2.32. The topological polar surface area (TPSA) is 94.4 Å². The fourth-order valence-electron chi connectivity index (χ4n) is 3.63. The molecule has 0 N–H and O–H groups in total. The number of anilines is 1. The van der Waals surface area contributed by atoms with Crippen molar-refractivity contribution in [3.8, 4) is 11.4 Å². The Bertz CT molecular complexity index is 1360. The molecule has 1 aromatic carbocycles. The summed E-state index contributed by atoms with van der Waals surface area (Å²) in [5.74, 6) is -0.217. The zero-order valence-corrected chi connectivity index (χ0v) is 20.4. The number of rotatable bonds is 6. The fourth-order valence-corrected chi connectivity index (χ4v) is 4.82. The summed E-state index contributed by atoms with van der Waals surface area (Å²) >= 11 is 12.2. The van der Waals surface area contributed by atoms with Gasteiger partial charge in [-0.25, -0.2) is 22.8 Å². The molecule has 0 amide bonds. The Morgan fingerprint density at radius 1 is 1.15 bits per heavy atom. The van der Waals surface area contributed by atoms with Gasteiger partial charge in [0.2, 0.25) is 5.95 Å². The van der Waals surface area contributed by atoms with Crippen LogP contribution >= 0.6 is 23.2 Å². The van der Waals surface area contributed by atoms with Gasteiger partial charge in [-0.3, -0.25) is 9.36 Å². The molecule has 1 aliphatic rings. The van der Waals surface area contributed by atoms with E-state index in [1.54, 1.807) is 12.4 Å². The van der Waals surface area contributed by atoms with Crippen molar-refractivity contribution in [2.45, 2.75) is 30.8 Å². The molecule has 0 saturated carbocycles. The third kappa shape index (κ3) is 5.18. The molecule has 0 aliphatic carbocycles. The van der Waals surface area contributed by atoms with Crippen molar-refractivity contribution in [2.24, 2.45) is 0 Å². The van der Waals surface area contributed by atoms with Crippen molar-refractivity contribution in [2.75, 3.05) is 23.7 Å². The Hall–Kier alpha value is -2.69. The highest BCUT2D eigenvalue weighted by Crippen LogP contribution is 2.28. The highest BCUT2D eigenvalue weighted by Gasteiger charge is 2.24. The lowest BCUT2D eigenvalue weighted by Crippen LogP contribution is -2.39. The lowest BCUT2D eigenvalue weighted by molar-refractivity contribution is 0.170. The van der Waals surface area contributed by atoms with Gasteiger partial charge in [0.25, 0.3) is 5.56 Å². The summed E-state index contributed by atoms with van der Waals surface area (Å²) in [6, 6.07) is 4.61. The molecular weight excluding hydrogens is 506 g/mol. The van der Waals surface area contributed by atoms with E-state index in [0.29, 0.717) is 36.9 Å². The van der Waals surface area contributed by atoms with Crippen LogP contribution in [0.4, 0.5) is 10.3 Å². The van der Waals surface area contributed by atoms with E-state index in [9.17, 15) is 17.6 Å². The average Bonchev–Trinajstić information content (AvgIpc) is 2.82. The van der Waals surface area contributed by atoms with Crippen LogP contribution in [0.1, 0.15) is 19.8 Å². The number of aromatic nitrogens is 3. The third-order valence-corrected chi connectivity index (χ3v) is 7.72. The molecule has 0 unspecified atom stereocenters. The van der Waals surface area contributed by atoms with Crippen LogP contribution in [0.3, 0.4) is 0 Å². The van der Waals surface area contributed by atoms with E-state index in [1.165, 1.54) is 31.3 Å². The summed E-state index contributed by atoms with van der Waals surface area (Å²) < 4.78 is 45.6. The first-order valence-corrected chi connectivity index (χ1v) is 12.9. The largest absolute Gasteiger partial charge is 0.488 e. The van der Waals surface area contributed by atoms with Crippen LogP contribution in [0.5, 0.6) is 5.75 Å². The van der Waals surface area contributed by atoms with Crippen LogP contribution in [-0.4, -0.2) is 47.9 Å². The molecule has 0 radical (unpaired) electrons. The van der Waals surface area contributed by atoms with Crippen molar-refractivity contribution in [3.05, 3.63) is 69.1 Å². The Morgan fingerprint density at radius 2 is 1.82 bits per heavy atom. The number of hydrogen-bond acceptors (Lipinski definition) is 7. The molecule has 180 valence electrons. The van der Waals surface area contributed by atoms with Gasteiger partial charge in [-0.1, -0.05) is 30.1 Å². The zero-order valence-electron chi connectivity index (χ0n) is 18.1. The van der Waals surface area contributed by atoms with Crippen molar-refractivity contribution < 1.29 is 17.5 Å². The first-order valence-electron chi connectivity index (χ1n) is 10.5. The minimum absolute atomic E-state index is 0.107. The van der Waals surface area contributed by atoms with E-state index < -0.39 is 21.2 Å². The number of halogens is 3. The molecule has 2 aromatic heterocycles. The van der Waals surface area contributed by atoms with Gasteiger partial charge in [-0.05, 0) is 18.2 Å². The standard InChI is InChI=1S/C22H21Cl2FN4O4S/c1-2-34(31,32)16-3-4-19(18(25)9-16)29-13-17(24)20(10-21(29)30)33-15-5-7-28(8-6-15)22-26-11-14(23)12-27-22/h3-4,9-13,15H,2,5-8H2,1H3. The smallest absolute Gasteiger partial charge is 0.258 e. The average molecular weight is 527 g/mol. The van der Waals surface area contributed by atoms with E-state index >= 15 is 0 Å². The van der Waals surface area contributed by atoms with Gasteiger partial charge in [-0.15, -0.1) is 0 Å². The third-order valence-electron chi connectivity index (χ3n) is 5.51. The van der Waals surface area contributed by atoms with Gasteiger partial charge in [0, 0.05) is 38.2 Å². The molecule has 0 bridgehead atoms. The number of pyridine rings is 1. The van der Waals surface area contributed by atoms with Crippen molar-refractivity contribution in [3.63, 3.8) is 0 Å². The molecule has 8 nitrogen and oxygen atoms in total. The monoisotopic (exact) mass is 526 g/mol. The van der Waals surface area contributed by atoms with E-state index in [4.69, 9.17) is 27.9 Å². The van der Waals surface area contributed by atoms with Crippen LogP contribution in [0.2, 0.25) is 10.0 Å². The first kappa shape index (κ1) is 24.4. The number of ether oxygens (including phenoxy) is 1. The SMILES string of the molecule is CCS(=O)(=O)c1ccc(-n2cc(Cl)c(OC3CCN(c4ncc(Cl)cn4)CC3)cc2=O)c(F)c1. The lowest BCUT2D eigenvalue weighted by atomic mass is 10.1. The van der Waals surface area contributed by atoms with Crippen LogP contribution in [0.25, 0.3) is 5.69 Å². The second kappa shape index (κ2) is 9.89. The molecule has 34 heavy (non-hydrogen) atoms. The first-order chi connectivity index (χ1) is 16.2. The quantitative estimate of drug-likeness (QED) is 0.480. The van der Waals surface area contributed by atoms with Gasteiger partial charge in [0.05, 0.1) is 38.8 Å². The molecule has 0 atom stereocenters. The summed E-state index contributed by atoms with van der Waals surface area (Å²) in [7, 11) is -3.58. The maximum atomic E-state index is 14.7. The van der Waals surface area contributed by atoms with Crippen LogP contribution in [0.15, 0.2) is 52.5 Å². The van der Waals surface area contributed by atoms with Gasteiger partial charge in [-0.2, -0.15) is 0 Å². The Kier molecular flexibility index (Phi) is 7.11. The molecule has 3 aromatic rings. The van der Waals surface area contributed by atoms with Gasteiger partial charge < -0.3 is 9.64 Å². The molecule has 0 spiro atoms. The normalized spacial score (nSPS) is 14.9. The molecular formula is C22H21Cl2FN4O4S. The second-order valence-electron chi connectivity index (χ2n) is 7.72. The minimum atomic E-state index is -3.58. The summed E-state index contributed by atoms with van der Waals surface area (Å²) in [5.41, 5.74) is -0.666. The van der Waals surface area contributed by atoms with Gasteiger partial charge in [0.15, 0.2) is 9.84 Å². The molecule has 1 fully saturated rings. The van der Waals surface area contributed by atoms with E-state index in [2.05, 4.69) is 9.97 Å². The number of benzene rings is 1. The van der Waals surface area contributed by atoms with Crippen molar-refractivity contribution in [1.82, 2.24) is 14.5 Å². The number of sulfone groups is 1. The zero-order chi connectivity index (χ0) is 24.5. The molecule has 1 saturated heterocycles. The molecule has 12 heteroatoms. The Labute approximate surface area is 205 Å². The maximum Gasteiger partial charge on any atom is 0.258 e.